The van der Waals surface area contributed by atoms with Crippen molar-refractivity contribution in [2.45, 2.75) is 18.8 Å². The summed E-state index contributed by atoms with van der Waals surface area (Å²) in [4.78, 5) is 29.9. The zero-order valence-corrected chi connectivity index (χ0v) is 9.24. The third-order valence-electron chi connectivity index (χ3n) is 3.05. The molecule has 6 heteroatoms. The van der Waals surface area contributed by atoms with Crippen LogP contribution in [0.25, 0.3) is 11.0 Å². The molecule has 0 spiro atoms. The Bertz CT molecular complexity index is 719. The van der Waals surface area contributed by atoms with Gasteiger partial charge in [0.2, 0.25) is 5.43 Å². The van der Waals surface area contributed by atoms with Crippen molar-refractivity contribution in [1.29, 1.82) is 0 Å². The lowest BCUT2D eigenvalue weighted by atomic mass is 10.1. The lowest BCUT2D eigenvalue weighted by molar-refractivity contribution is 0.0694. The molecular formula is C12H9FN2O3. The predicted molar refractivity (Wildman–Crippen MR) is 61.3 cm³/mol. The minimum Gasteiger partial charge on any atom is -0.477 e. The van der Waals surface area contributed by atoms with Gasteiger partial charge in [0.05, 0.1) is 11.6 Å². The number of pyridine rings is 2. The SMILES string of the molecule is O=C(O)c1c(C2CC2)[nH]c2ncc(F)cc2c1=O. The molecule has 2 aromatic heterocycles. The zero-order valence-electron chi connectivity index (χ0n) is 9.24. The lowest BCUT2D eigenvalue weighted by Gasteiger charge is -2.06. The maximum Gasteiger partial charge on any atom is 0.341 e. The second-order valence-corrected chi connectivity index (χ2v) is 4.37. The van der Waals surface area contributed by atoms with Crippen molar-refractivity contribution in [2.24, 2.45) is 0 Å². The highest BCUT2D eigenvalue weighted by molar-refractivity contribution is 5.93. The second-order valence-electron chi connectivity index (χ2n) is 4.37. The molecule has 0 saturated heterocycles. The molecule has 5 nitrogen and oxygen atoms in total. The Morgan fingerprint density at radius 2 is 2.22 bits per heavy atom. The third-order valence-corrected chi connectivity index (χ3v) is 3.05. The van der Waals surface area contributed by atoms with Gasteiger partial charge in [0, 0.05) is 11.6 Å². The summed E-state index contributed by atoms with van der Waals surface area (Å²) in [5.74, 6) is -1.88. The molecule has 0 amide bonds. The highest BCUT2D eigenvalue weighted by atomic mass is 19.1. The van der Waals surface area contributed by atoms with Crippen LogP contribution in [0.15, 0.2) is 17.1 Å². The van der Waals surface area contributed by atoms with E-state index in [0.717, 1.165) is 25.1 Å². The van der Waals surface area contributed by atoms with Crippen LogP contribution >= 0.6 is 0 Å². The van der Waals surface area contributed by atoms with Gasteiger partial charge in [0.25, 0.3) is 0 Å². The second kappa shape index (κ2) is 3.63. The summed E-state index contributed by atoms with van der Waals surface area (Å²) in [5, 5.41) is 9.09. The van der Waals surface area contributed by atoms with Crippen LogP contribution in [0.4, 0.5) is 4.39 Å². The number of hydrogen-bond acceptors (Lipinski definition) is 3. The van der Waals surface area contributed by atoms with Gasteiger partial charge in [-0.1, -0.05) is 0 Å². The maximum absolute atomic E-state index is 13.1. The van der Waals surface area contributed by atoms with Crippen LogP contribution < -0.4 is 5.43 Å². The van der Waals surface area contributed by atoms with Crippen molar-refractivity contribution in [3.05, 3.63) is 39.6 Å². The van der Waals surface area contributed by atoms with Crippen LogP contribution in [0.3, 0.4) is 0 Å². The first-order valence-electron chi connectivity index (χ1n) is 5.52. The molecule has 0 radical (unpaired) electrons. The Morgan fingerprint density at radius 1 is 1.50 bits per heavy atom. The van der Waals surface area contributed by atoms with Crippen molar-refractivity contribution in [3.63, 3.8) is 0 Å². The summed E-state index contributed by atoms with van der Waals surface area (Å²) >= 11 is 0. The highest BCUT2D eigenvalue weighted by Gasteiger charge is 2.31. The van der Waals surface area contributed by atoms with Gasteiger partial charge in [-0.2, -0.15) is 0 Å². The van der Waals surface area contributed by atoms with Crippen molar-refractivity contribution in [1.82, 2.24) is 9.97 Å². The first-order chi connectivity index (χ1) is 8.58. The minimum atomic E-state index is -1.29. The summed E-state index contributed by atoms with van der Waals surface area (Å²) in [7, 11) is 0. The van der Waals surface area contributed by atoms with E-state index in [1.165, 1.54) is 0 Å². The standard InChI is InChI=1S/C12H9FN2O3/c13-6-3-7-10(16)8(12(17)18)9(5-1-2-5)15-11(7)14-4-6/h3-5H,1-2H2,(H,17,18)(H,14,15,16). The fourth-order valence-electron chi connectivity index (χ4n) is 2.05. The van der Waals surface area contributed by atoms with Gasteiger partial charge in [-0.15, -0.1) is 0 Å². The largest absolute Gasteiger partial charge is 0.477 e. The van der Waals surface area contributed by atoms with Gasteiger partial charge in [-0.25, -0.2) is 14.2 Å². The molecule has 0 bridgehead atoms. The normalized spacial score (nSPS) is 14.9. The molecule has 92 valence electrons. The number of halogens is 1. The number of hydrogen-bond donors (Lipinski definition) is 2. The van der Waals surface area contributed by atoms with E-state index in [0.29, 0.717) is 5.69 Å². The average molecular weight is 248 g/mol. The zero-order chi connectivity index (χ0) is 12.9. The highest BCUT2D eigenvalue weighted by Crippen LogP contribution is 2.40. The number of rotatable bonds is 2. The van der Waals surface area contributed by atoms with Gasteiger partial charge < -0.3 is 10.1 Å². The van der Waals surface area contributed by atoms with Crippen molar-refractivity contribution in [2.75, 3.05) is 0 Å². The van der Waals surface area contributed by atoms with E-state index in [1.807, 2.05) is 0 Å². The van der Waals surface area contributed by atoms with Gasteiger partial charge in [0.1, 0.15) is 17.0 Å². The van der Waals surface area contributed by atoms with E-state index < -0.39 is 17.2 Å². The van der Waals surface area contributed by atoms with E-state index in [1.54, 1.807) is 0 Å². The van der Waals surface area contributed by atoms with Crippen molar-refractivity contribution < 1.29 is 14.3 Å². The van der Waals surface area contributed by atoms with Crippen LogP contribution in [0, 0.1) is 5.82 Å². The third kappa shape index (κ3) is 1.57. The van der Waals surface area contributed by atoms with Crippen LogP contribution in [0.5, 0.6) is 0 Å². The Balaban J connectivity index is 2.41. The number of carbonyl (C=O) groups is 1. The Hall–Kier alpha value is -2.24. The molecule has 2 aromatic rings. The molecule has 1 aliphatic rings. The summed E-state index contributed by atoms with van der Waals surface area (Å²) in [6, 6.07) is 1.00. The molecule has 0 aromatic carbocycles. The number of aromatic amines is 1. The molecule has 18 heavy (non-hydrogen) atoms. The van der Waals surface area contributed by atoms with Crippen molar-refractivity contribution in [3.8, 4) is 0 Å². The monoisotopic (exact) mass is 248 g/mol. The average Bonchev–Trinajstić information content (AvgIpc) is 3.13. The summed E-state index contributed by atoms with van der Waals surface area (Å²) in [6.07, 6.45) is 2.70. The van der Waals surface area contributed by atoms with E-state index in [9.17, 15) is 14.0 Å². The van der Waals surface area contributed by atoms with Gasteiger partial charge in [0.15, 0.2) is 0 Å². The van der Waals surface area contributed by atoms with Crippen LogP contribution in [-0.2, 0) is 0 Å². The first-order valence-corrected chi connectivity index (χ1v) is 5.52. The molecular weight excluding hydrogens is 239 g/mol. The van der Waals surface area contributed by atoms with Crippen LogP contribution in [0.2, 0.25) is 0 Å². The number of fused-ring (bicyclic) bond motifs is 1. The number of carboxylic acid groups (broad SMARTS) is 1. The lowest BCUT2D eigenvalue weighted by Crippen LogP contribution is -2.20. The molecule has 1 aliphatic carbocycles. The summed E-state index contributed by atoms with van der Waals surface area (Å²) in [5.41, 5.74) is -0.338. The van der Waals surface area contributed by atoms with Crippen LogP contribution in [0.1, 0.15) is 34.8 Å². The minimum absolute atomic E-state index is 0.0307. The maximum atomic E-state index is 13.1. The molecule has 1 fully saturated rings. The Labute approximate surface area is 100 Å². The van der Waals surface area contributed by atoms with E-state index in [2.05, 4.69) is 9.97 Å². The van der Waals surface area contributed by atoms with Gasteiger partial charge >= 0.3 is 5.97 Å². The molecule has 0 atom stereocenters. The Kier molecular flexibility index (Phi) is 2.19. The Morgan fingerprint density at radius 3 is 2.83 bits per heavy atom. The summed E-state index contributed by atoms with van der Waals surface area (Å²) in [6.45, 7) is 0. The molecule has 1 saturated carbocycles. The number of aromatic carboxylic acids is 1. The fourth-order valence-corrected chi connectivity index (χ4v) is 2.05. The molecule has 0 unspecified atom stereocenters. The molecule has 2 N–H and O–H groups in total. The quantitative estimate of drug-likeness (QED) is 0.846. The van der Waals surface area contributed by atoms with Crippen molar-refractivity contribution >= 4 is 17.0 Å². The topological polar surface area (TPSA) is 83.0 Å². The molecule has 3 rings (SSSR count). The molecule has 2 heterocycles. The van der Waals surface area contributed by atoms with Crippen LogP contribution in [-0.4, -0.2) is 21.0 Å². The van der Waals surface area contributed by atoms with E-state index in [4.69, 9.17) is 5.11 Å². The predicted octanol–water partition coefficient (Wildman–Crippen LogP) is 1.64. The van der Waals surface area contributed by atoms with E-state index in [-0.39, 0.29) is 22.5 Å². The first kappa shape index (κ1) is 10.9. The summed E-state index contributed by atoms with van der Waals surface area (Å²) < 4.78 is 13.1. The molecule has 0 aliphatic heterocycles. The van der Waals surface area contributed by atoms with E-state index >= 15 is 0 Å². The van der Waals surface area contributed by atoms with Gasteiger partial charge in [-0.3, -0.25) is 4.79 Å². The number of aromatic nitrogens is 2. The smallest absolute Gasteiger partial charge is 0.341 e. The number of nitrogens with zero attached hydrogens (tertiary/aromatic N) is 1. The number of H-pyrrole nitrogens is 1. The number of nitrogens with one attached hydrogen (secondary N) is 1. The van der Waals surface area contributed by atoms with Gasteiger partial charge in [-0.05, 0) is 18.9 Å². The number of carboxylic acids is 1. The fraction of sp³-hybridized carbons (Fsp3) is 0.250.